The van der Waals surface area contributed by atoms with Gasteiger partial charge < -0.3 is 25.0 Å². The number of ether oxygens (including phenoxy) is 2. The molecule has 2 N–H and O–H groups in total. The number of morpholine rings is 1. The highest BCUT2D eigenvalue weighted by atomic mass is 35.5. The third-order valence-electron chi connectivity index (χ3n) is 5.57. The summed E-state index contributed by atoms with van der Waals surface area (Å²) in [6.45, 7) is 5.13. The number of nitrogens with zero attached hydrogens (tertiary/aromatic N) is 3. The third kappa shape index (κ3) is 9.84. The van der Waals surface area contributed by atoms with Crippen molar-refractivity contribution >= 4 is 57.4 Å². The minimum atomic E-state index is -0.419. The lowest BCUT2D eigenvalue weighted by Gasteiger charge is -2.26. The number of anilines is 1. The Labute approximate surface area is 230 Å². The van der Waals surface area contributed by atoms with E-state index in [1.807, 2.05) is 0 Å². The van der Waals surface area contributed by atoms with Gasteiger partial charge in [0.15, 0.2) is 5.13 Å². The minimum absolute atomic E-state index is 0.122. The van der Waals surface area contributed by atoms with Crippen LogP contribution in [0.5, 0.6) is 0 Å². The van der Waals surface area contributed by atoms with Crippen LogP contribution in [0.4, 0.5) is 5.13 Å². The van der Waals surface area contributed by atoms with Crippen LogP contribution in [-0.2, 0) is 25.5 Å². The largest absolute Gasteiger partial charge is 0.383 e. The number of methoxy groups -OCH3 is 1. The molecular formula is C24H31Cl2N5O5S. The predicted octanol–water partition coefficient (Wildman–Crippen LogP) is 2.56. The number of hydrogen-bond acceptors (Lipinski definition) is 8. The molecule has 1 aliphatic heterocycles. The van der Waals surface area contributed by atoms with Gasteiger partial charge in [-0.25, -0.2) is 4.98 Å². The summed E-state index contributed by atoms with van der Waals surface area (Å²) in [5.41, 5.74) is 0.875. The fourth-order valence-electron chi connectivity index (χ4n) is 3.63. The van der Waals surface area contributed by atoms with Crippen molar-refractivity contribution in [2.75, 3.05) is 71.5 Å². The molecule has 0 unspecified atom stereocenters. The number of carbonyl (C=O) groups excluding carboxylic acids is 3. The molecule has 3 amide bonds. The fraction of sp³-hybridized carbons (Fsp3) is 0.500. The van der Waals surface area contributed by atoms with Crippen molar-refractivity contribution in [2.45, 2.75) is 12.8 Å². The van der Waals surface area contributed by atoms with E-state index in [1.54, 1.807) is 11.4 Å². The van der Waals surface area contributed by atoms with Crippen LogP contribution in [0.15, 0.2) is 23.6 Å². The summed E-state index contributed by atoms with van der Waals surface area (Å²) in [4.78, 5) is 45.9. The van der Waals surface area contributed by atoms with Crippen molar-refractivity contribution in [3.63, 3.8) is 0 Å². The molecule has 3 rings (SSSR count). The van der Waals surface area contributed by atoms with Crippen molar-refractivity contribution in [3.05, 3.63) is 44.9 Å². The number of hydrogen-bond donors (Lipinski definition) is 2. The minimum Gasteiger partial charge on any atom is -0.383 e. The second-order valence-corrected chi connectivity index (χ2v) is 10.0. The zero-order chi connectivity index (χ0) is 26.6. The molecule has 0 aliphatic carbocycles. The number of thiazole rings is 1. The Balaban J connectivity index is 1.45. The molecule has 2 heterocycles. The Morgan fingerprint density at radius 3 is 2.70 bits per heavy atom. The molecule has 202 valence electrons. The summed E-state index contributed by atoms with van der Waals surface area (Å²) in [5, 5.41) is 8.27. The molecule has 0 bridgehead atoms. The van der Waals surface area contributed by atoms with Crippen LogP contribution in [0.25, 0.3) is 0 Å². The highest BCUT2D eigenvalue weighted by Crippen LogP contribution is 2.23. The van der Waals surface area contributed by atoms with Gasteiger partial charge in [0.25, 0.3) is 5.91 Å². The van der Waals surface area contributed by atoms with Gasteiger partial charge in [0.05, 0.1) is 42.0 Å². The number of halogens is 2. The van der Waals surface area contributed by atoms with Gasteiger partial charge in [-0.3, -0.25) is 19.3 Å². The van der Waals surface area contributed by atoms with Crippen LogP contribution in [0, 0.1) is 0 Å². The molecule has 0 atom stereocenters. The molecule has 13 heteroatoms. The number of benzene rings is 1. The van der Waals surface area contributed by atoms with Crippen molar-refractivity contribution in [3.8, 4) is 0 Å². The van der Waals surface area contributed by atoms with Crippen LogP contribution < -0.4 is 10.6 Å². The molecule has 37 heavy (non-hydrogen) atoms. The van der Waals surface area contributed by atoms with E-state index < -0.39 is 5.91 Å². The maximum atomic E-state index is 12.9. The lowest BCUT2D eigenvalue weighted by Crippen LogP contribution is -2.40. The SMILES string of the molecule is COCCN(CC(=O)Nc1nc(CC(=O)NCCCN2CCOCC2)cs1)C(=O)c1ccc(Cl)c(Cl)c1. The van der Waals surface area contributed by atoms with E-state index in [2.05, 4.69) is 20.5 Å². The second-order valence-electron chi connectivity index (χ2n) is 8.37. The smallest absolute Gasteiger partial charge is 0.254 e. The normalized spacial score (nSPS) is 13.8. The predicted molar refractivity (Wildman–Crippen MR) is 144 cm³/mol. The summed E-state index contributed by atoms with van der Waals surface area (Å²) >= 11 is 13.2. The van der Waals surface area contributed by atoms with Crippen LogP contribution in [0.2, 0.25) is 10.0 Å². The number of aromatic nitrogens is 1. The van der Waals surface area contributed by atoms with Gasteiger partial charge in [-0.1, -0.05) is 23.2 Å². The highest BCUT2D eigenvalue weighted by Gasteiger charge is 2.20. The first kappa shape index (κ1) is 29.3. The number of rotatable bonds is 13. The molecule has 1 aliphatic rings. The Morgan fingerprint density at radius 1 is 1.19 bits per heavy atom. The van der Waals surface area contributed by atoms with E-state index >= 15 is 0 Å². The number of nitrogens with one attached hydrogen (secondary N) is 2. The van der Waals surface area contributed by atoms with Crippen molar-refractivity contribution in [1.29, 1.82) is 0 Å². The first-order valence-electron chi connectivity index (χ1n) is 11.9. The van der Waals surface area contributed by atoms with E-state index in [4.69, 9.17) is 32.7 Å². The Hall–Kier alpha value is -2.28. The van der Waals surface area contributed by atoms with E-state index in [0.717, 1.165) is 39.3 Å². The quantitative estimate of drug-likeness (QED) is 0.355. The Bertz CT molecular complexity index is 1060. The van der Waals surface area contributed by atoms with Gasteiger partial charge in [-0.2, -0.15) is 0 Å². The van der Waals surface area contributed by atoms with Gasteiger partial charge in [-0.15, -0.1) is 11.3 Å². The lowest BCUT2D eigenvalue weighted by atomic mass is 10.2. The molecule has 0 saturated carbocycles. The highest BCUT2D eigenvalue weighted by molar-refractivity contribution is 7.13. The topological polar surface area (TPSA) is 113 Å². The van der Waals surface area contributed by atoms with Crippen molar-refractivity contribution in [2.24, 2.45) is 0 Å². The fourth-order valence-corrected chi connectivity index (χ4v) is 4.65. The summed E-state index contributed by atoms with van der Waals surface area (Å²) in [5.74, 6) is -0.919. The first-order chi connectivity index (χ1) is 17.9. The molecule has 1 saturated heterocycles. The molecule has 1 aromatic heterocycles. The summed E-state index contributed by atoms with van der Waals surface area (Å²) < 4.78 is 10.4. The van der Waals surface area contributed by atoms with Crippen LogP contribution in [0.1, 0.15) is 22.5 Å². The molecule has 1 aromatic carbocycles. The molecular weight excluding hydrogens is 541 g/mol. The third-order valence-corrected chi connectivity index (χ3v) is 7.12. The molecule has 2 aromatic rings. The van der Waals surface area contributed by atoms with Gasteiger partial charge >= 0.3 is 0 Å². The second kappa shape index (κ2) is 15.2. The van der Waals surface area contributed by atoms with Gasteiger partial charge in [0, 0.05) is 44.2 Å². The molecule has 10 nitrogen and oxygen atoms in total. The summed E-state index contributed by atoms with van der Waals surface area (Å²) in [7, 11) is 1.51. The van der Waals surface area contributed by atoms with E-state index in [-0.39, 0.29) is 43.0 Å². The maximum Gasteiger partial charge on any atom is 0.254 e. The van der Waals surface area contributed by atoms with Crippen LogP contribution in [0.3, 0.4) is 0 Å². The van der Waals surface area contributed by atoms with Crippen LogP contribution >= 0.6 is 34.5 Å². The van der Waals surface area contributed by atoms with Crippen LogP contribution in [-0.4, -0.2) is 98.7 Å². The zero-order valence-corrected chi connectivity index (χ0v) is 23.0. The maximum absolute atomic E-state index is 12.9. The summed E-state index contributed by atoms with van der Waals surface area (Å²) in [6, 6.07) is 4.54. The molecule has 0 radical (unpaired) electrons. The average Bonchev–Trinajstić information content (AvgIpc) is 3.32. The first-order valence-corrected chi connectivity index (χ1v) is 13.5. The van der Waals surface area contributed by atoms with Gasteiger partial charge in [-0.05, 0) is 31.2 Å². The van der Waals surface area contributed by atoms with E-state index in [0.29, 0.717) is 28.0 Å². The monoisotopic (exact) mass is 571 g/mol. The lowest BCUT2D eigenvalue weighted by molar-refractivity contribution is -0.120. The average molecular weight is 573 g/mol. The molecule has 0 spiro atoms. The van der Waals surface area contributed by atoms with Gasteiger partial charge in [0.2, 0.25) is 11.8 Å². The zero-order valence-electron chi connectivity index (χ0n) is 20.6. The van der Waals surface area contributed by atoms with E-state index in [1.165, 1.54) is 35.5 Å². The van der Waals surface area contributed by atoms with Crippen molar-refractivity contribution in [1.82, 2.24) is 20.1 Å². The van der Waals surface area contributed by atoms with Crippen molar-refractivity contribution < 1.29 is 23.9 Å². The summed E-state index contributed by atoms with van der Waals surface area (Å²) in [6.07, 6.45) is 0.990. The number of carbonyl (C=O) groups is 3. The Morgan fingerprint density at radius 2 is 1.97 bits per heavy atom. The standard InChI is InChI=1S/C24H31Cl2N5O5S/c1-35-10-9-31(23(34)17-3-4-19(25)20(26)13-17)15-22(33)29-24-28-18(16-37-24)14-21(32)27-5-2-6-30-7-11-36-12-8-30/h3-4,13,16H,2,5-12,14-15H2,1H3,(H,27,32)(H,28,29,33). The van der Waals surface area contributed by atoms with E-state index in [9.17, 15) is 14.4 Å². The molecule has 1 fully saturated rings. The number of amides is 3. The van der Waals surface area contributed by atoms with Gasteiger partial charge in [0.1, 0.15) is 6.54 Å². The Kier molecular flexibility index (Phi) is 12.0.